The van der Waals surface area contributed by atoms with Gasteiger partial charge in [0, 0.05) is 32.2 Å². The molecule has 0 aliphatic rings. The minimum atomic E-state index is -0.0728. The zero-order chi connectivity index (χ0) is 15.3. The highest BCUT2D eigenvalue weighted by Gasteiger charge is 2.15. The lowest BCUT2D eigenvalue weighted by Crippen LogP contribution is -2.32. The van der Waals surface area contributed by atoms with Crippen molar-refractivity contribution in [3.63, 3.8) is 0 Å². The van der Waals surface area contributed by atoms with Crippen LogP contribution in [0.3, 0.4) is 0 Å². The summed E-state index contributed by atoms with van der Waals surface area (Å²) in [5, 5.41) is 8.73. The molecule has 1 rings (SSSR count). The van der Waals surface area contributed by atoms with Crippen molar-refractivity contribution in [3.8, 4) is 6.07 Å². The van der Waals surface area contributed by atoms with Gasteiger partial charge in [0.25, 0.3) is 5.91 Å². The lowest BCUT2D eigenvalue weighted by atomic mass is 10.1. The van der Waals surface area contributed by atoms with Crippen LogP contribution in [0.15, 0.2) is 18.2 Å². The Bertz CT molecular complexity index is 517. The van der Waals surface area contributed by atoms with Gasteiger partial charge in [-0.05, 0) is 32.0 Å². The van der Waals surface area contributed by atoms with E-state index in [1.54, 1.807) is 26.2 Å². The molecule has 20 heavy (non-hydrogen) atoms. The molecule has 0 fully saturated rings. The van der Waals surface area contributed by atoms with Crippen LogP contribution in [-0.4, -0.2) is 37.5 Å². The van der Waals surface area contributed by atoms with Gasteiger partial charge in [-0.3, -0.25) is 4.79 Å². The number of nitrogen functional groups attached to an aromatic ring is 1. The van der Waals surface area contributed by atoms with Crippen molar-refractivity contribution in [2.75, 3.05) is 31.3 Å². The van der Waals surface area contributed by atoms with E-state index < -0.39 is 0 Å². The molecular formula is C15H22N4O. The Morgan fingerprint density at radius 2 is 2.05 bits per heavy atom. The van der Waals surface area contributed by atoms with E-state index in [-0.39, 0.29) is 11.9 Å². The Morgan fingerprint density at radius 1 is 1.40 bits per heavy atom. The first-order chi connectivity index (χ1) is 9.38. The Hall–Kier alpha value is -2.22. The SMILES string of the molecule is CC(C)N(CCC#N)c1ccc(C(=O)N(C)C)cc1N. The molecular weight excluding hydrogens is 252 g/mol. The number of nitriles is 1. The van der Waals surface area contributed by atoms with E-state index in [2.05, 4.69) is 24.8 Å². The highest BCUT2D eigenvalue weighted by Crippen LogP contribution is 2.26. The van der Waals surface area contributed by atoms with Gasteiger partial charge < -0.3 is 15.5 Å². The number of benzene rings is 1. The van der Waals surface area contributed by atoms with E-state index in [0.717, 1.165) is 5.69 Å². The number of amides is 1. The summed E-state index contributed by atoms with van der Waals surface area (Å²) in [6.07, 6.45) is 0.440. The third-order valence-electron chi connectivity index (χ3n) is 3.08. The number of nitrogens with two attached hydrogens (primary N) is 1. The molecule has 0 aliphatic heterocycles. The summed E-state index contributed by atoms with van der Waals surface area (Å²) in [5.74, 6) is -0.0728. The third kappa shape index (κ3) is 3.64. The minimum absolute atomic E-state index is 0.0728. The lowest BCUT2D eigenvalue weighted by molar-refractivity contribution is 0.0827. The van der Waals surface area contributed by atoms with Crippen molar-refractivity contribution in [1.29, 1.82) is 5.26 Å². The van der Waals surface area contributed by atoms with Gasteiger partial charge >= 0.3 is 0 Å². The zero-order valence-electron chi connectivity index (χ0n) is 12.6. The summed E-state index contributed by atoms with van der Waals surface area (Å²) in [4.78, 5) is 15.5. The largest absolute Gasteiger partial charge is 0.397 e. The summed E-state index contributed by atoms with van der Waals surface area (Å²) in [6.45, 7) is 4.73. The molecule has 2 N–H and O–H groups in total. The first-order valence-electron chi connectivity index (χ1n) is 6.63. The first-order valence-corrected chi connectivity index (χ1v) is 6.63. The number of rotatable bonds is 5. The summed E-state index contributed by atoms with van der Waals surface area (Å²) in [5.41, 5.74) is 8.07. The quantitative estimate of drug-likeness (QED) is 0.834. The molecule has 1 aromatic rings. The second-order valence-electron chi connectivity index (χ2n) is 5.17. The molecule has 1 aromatic carbocycles. The molecule has 108 valence electrons. The fraction of sp³-hybridized carbons (Fsp3) is 0.467. The van der Waals surface area contributed by atoms with Crippen molar-refractivity contribution in [1.82, 2.24) is 4.90 Å². The van der Waals surface area contributed by atoms with Crippen molar-refractivity contribution < 1.29 is 4.79 Å². The van der Waals surface area contributed by atoms with E-state index in [1.165, 1.54) is 4.90 Å². The summed E-state index contributed by atoms with van der Waals surface area (Å²) in [6, 6.07) is 7.70. The van der Waals surface area contributed by atoms with Crippen molar-refractivity contribution in [2.45, 2.75) is 26.3 Å². The van der Waals surface area contributed by atoms with Crippen LogP contribution in [0.5, 0.6) is 0 Å². The highest BCUT2D eigenvalue weighted by atomic mass is 16.2. The smallest absolute Gasteiger partial charge is 0.253 e. The number of hydrogen-bond donors (Lipinski definition) is 1. The highest BCUT2D eigenvalue weighted by molar-refractivity contribution is 5.95. The third-order valence-corrected chi connectivity index (χ3v) is 3.08. The molecule has 0 heterocycles. The van der Waals surface area contributed by atoms with Gasteiger partial charge in [0.2, 0.25) is 0 Å². The van der Waals surface area contributed by atoms with Crippen LogP contribution in [0, 0.1) is 11.3 Å². The second-order valence-corrected chi connectivity index (χ2v) is 5.17. The number of carbonyl (C=O) groups is 1. The fourth-order valence-corrected chi connectivity index (χ4v) is 2.03. The van der Waals surface area contributed by atoms with Crippen molar-refractivity contribution in [3.05, 3.63) is 23.8 Å². The number of hydrogen-bond acceptors (Lipinski definition) is 4. The Balaban J connectivity index is 3.07. The molecule has 0 unspecified atom stereocenters. The van der Waals surface area contributed by atoms with Gasteiger partial charge in [0.05, 0.1) is 23.9 Å². The van der Waals surface area contributed by atoms with Crippen LogP contribution < -0.4 is 10.6 Å². The Labute approximate surface area is 120 Å². The molecule has 0 spiro atoms. The van der Waals surface area contributed by atoms with E-state index in [9.17, 15) is 4.79 Å². The Kier molecular flexibility index (Phi) is 5.39. The molecule has 0 saturated carbocycles. The average Bonchev–Trinajstić information content (AvgIpc) is 2.39. The van der Waals surface area contributed by atoms with Crippen molar-refractivity contribution >= 4 is 17.3 Å². The molecule has 0 atom stereocenters. The van der Waals surface area contributed by atoms with Crippen molar-refractivity contribution in [2.24, 2.45) is 0 Å². The van der Waals surface area contributed by atoms with Gasteiger partial charge in [-0.15, -0.1) is 0 Å². The van der Waals surface area contributed by atoms with Crippen LogP contribution in [0.25, 0.3) is 0 Å². The number of anilines is 2. The number of carbonyl (C=O) groups excluding carboxylic acids is 1. The maximum Gasteiger partial charge on any atom is 0.253 e. The molecule has 0 bridgehead atoms. The lowest BCUT2D eigenvalue weighted by Gasteiger charge is -2.29. The van der Waals surface area contributed by atoms with Gasteiger partial charge in [0.15, 0.2) is 0 Å². The molecule has 0 aliphatic carbocycles. The molecule has 5 nitrogen and oxygen atoms in total. The average molecular weight is 274 g/mol. The number of nitrogens with zero attached hydrogens (tertiary/aromatic N) is 3. The summed E-state index contributed by atoms with van der Waals surface area (Å²) < 4.78 is 0. The molecule has 0 radical (unpaired) electrons. The van der Waals surface area contributed by atoms with E-state index >= 15 is 0 Å². The molecule has 0 aromatic heterocycles. The normalized spacial score (nSPS) is 10.2. The monoisotopic (exact) mass is 274 g/mol. The van der Waals surface area contributed by atoms with Crippen LogP contribution in [-0.2, 0) is 0 Å². The Morgan fingerprint density at radius 3 is 2.50 bits per heavy atom. The van der Waals surface area contributed by atoms with Crippen LogP contribution >= 0.6 is 0 Å². The maximum absolute atomic E-state index is 11.9. The van der Waals surface area contributed by atoms with Gasteiger partial charge in [-0.2, -0.15) is 5.26 Å². The van der Waals surface area contributed by atoms with Crippen LogP contribution in [0.2, 0.25) is 0 Å². The molecule has 0 saturated heterocycles. The minimum Gasteiger partial charge on any atom is -0.397 e. The van der Waals surface area contributed by atoms with Gasteiger partial charge in [-0.1, -0.05) is 0 Å². The van der Waals surface area contributed by atoms with Gasteiger partial charge in [-0.25, -0.2) is 0 Å². The summed E-state index contributed by atoms with van der Waals surface area (Å²) in [7, 11) is 3.42. The molecule has 5 heteroatoms. The van der Waals surface area contributed by atoms with E-state index in [1.807, 2.05) is 6.07 Å². The van der Waals surface area contributed by atoms with Crippen LogP contribution in [0.1, 0.15) is 30.6 Å². The summed E-state index contributed by atoms with van der Waals surface area (Å²) >= 11 is 0. The van der Waals surface area contributed by atoms with E-state index in [4.69, 9.17) is 11.0 Å². The maximum atomic E-state index is 11.9. The predicted octanol–water partition coefficient (Wildman–Crippen LogP) is 2.10. The topological polar surface area (TPSA) is 73.4 Å². The second kappa shape index (κ2) is 6.80. The zero-order valence-corrected chi connectivity index (χ0v) is 12.6. The standard InChI is InChI=1S/C15H22N4O/c1-11(2)19(9-5-8-16)14-7-6-12(10-13(14)17)15(20)18(3)4/h6-7,10-11H,5,9,17H2,1-4H3. The van der Waals surface area contributed by atoms with Gasteiger partial charge in [0.1, 0.15) is 0 Å². The van der Waals surface area contributed by atoms with Crippen LogP contribution in [0.4, 0.5) is 11.4 Å². The molecule has 1 amide bonds. The fourth-order valence-electron chi connectivity index (χ4n) is 2.03. The predicted molar refractivity (Wildman–Crippen MR) is 81.6 cm³/mol. The first kappa shape index (κ1) is 15.8. The van der Waals surface area contributed by atoms with E-state index in [0.29, 0.717) is 24.2 Å².